The van der Waals surface area contributed by atoms with Crippen LogP contribution in [0, 0.1) is 6.92 Å². The van der Waals surface area contributed by atoms with E-state index in [4.69, 9.17) is 21.3 Å². The van der Waals surface area contributed by atoms with E-state index in [0.29, 0.717) is 5.02 Å². The summed E-state index contributed by atoms with van der Waals surface area (Å²) in [6, 6.07) is 9.71. The maximum Gasteiger partial charge on any atom is 0.186 e. The molecule has 1 aliphatic rings. The van der Waals surface area contributed by atoms with Crippen LogP contribution in [0.4, 0.5) is 5.13 Å². The van der Waals surface area contributed by atoms with Crippen LogP contribution in [0.5, 0.6) is 0 Å². The van der Waals surface area contributed by atoms with Gasteiger partial charge in [-0.3, -0.25) is 0 Å². The molecule has 25 heavy (non-hydrogen) atoms. The number of aromatic nitrogens is 3. The van der Waals surface area contributed by atoms with Crippen molar-refractivity contribution in [2.24, 2.45) is 0 Å². The molecule has 0 N–H and O–H groups in total. The number of aryl methyl sites for hydroxylation is 1. The monoisotopic (exact) mass is 372 g/mol. The predicted octanol–water partition coefficient (Wildman–Crippen LogP) is 4.07. The Morgan fingerprint density at radius 1 is 1.12 bits per heavy atom. The maximum atomic E-state index is 6.44. The smallest absolute Gasteiger partial charge is 0.186 e. The Morgan fingerprint density at radius 2 is 1.92 bits per heavy atom. The summed E-state index contributed by atoms with van der Waals surface area (Å²) in [4.78, 5) is 17.0. The lowest BCUT2D eigenvalue weighted by molar-refractivity contribution is 0.122. The first kappa shape index (κ1) is 16.4. The molecule has 1 aromatic carbocycles. The summed E-state index contributed by atoms with van der Waals surface area (Å²) in [5.41, 5.74) is 2.67. The van der Waals surface area contributed by atoms with Gasteiger partial charge in [0.05, 0.1) is 34.5 Å². The molecule has 7 heteroatoms. The highest BCUT2D eigenvalue weighted by atomic mass is 35.5. The topological polar surface area (TPSA) is 51.1 Å². The van der Waals surface area contributed by atoms with Gasteiger partial charge in [0.15, 0.2) is 5.13 Å². The van der Waals surface area contributed by atoms with E-state index < -0.39 is 0 Å². The van der Waals surface area contributed by atoms with Gasteiger partial charge in [-0.05, 0) is 19.1 Å². The first-order chi connectivity index (χ1) is 12.2. The lowest BCUT2D eigenvalue weighted by atomic mass is 10.1. The summed E-state index contributed by atoms with van der Waals surface area (Å²) in [6.45, 7) is 5.03. The van der Waals surface area contributed by atoms with Crippen molar-refractivity contribution in [1.29, 1.82) is 0 Å². The van der Waals surface area contributed by atoms with Gasteiger partial charge in [0, 0.05) is 24.8 Å². The molecule has 0 spiro atoms. The molecule has 1 saturated heterocycles. The Kier molecular flexibility index (Phi) is 4.65. The maximum absolute atomic E-state index is 6.44. The van der Waals surface area contributed by atoms with Gasteiger partial charge in [0.1, 0.15) is 5.82 Å². The van der Waals surface area contributed by atoms with Crippen molar-refractivity contribution in [3.05, 3.63) is 47.4 Å². The molecule has 0 amide bonds. The lowest BCUT2D eigenvalue weighted by Crippen LogP contribution is -2.36. The van der Waals surface area contributed by atoms with Gasteiger partial charge in [0.25, 0.3) is 0 Å². The van der Waals surface area contributed by atoms with Crippen LogP contribution in [0.2, 0.25) is 5.02 Å². The van der Waals surface area contributed by atoms with Crippen LogP contribution >= 0.6 is 22.9 Å². The summed E-state index contributed by atoms with van der Waals surface area (Å²) in [6.07, 6.45) is 1.78. The van der Waals surface area contributed by atoms with E-state index in [1.54, 1.807) is 17.5 Å². The molecule has 3 aromatic rings. The van der Waals surface area contributed by atoms with Crippen LogP contribution < -0.4 is 4.90 Å². The highest BCUT2D eigenvalue weighted by Gasteiger charge is 2.22. The Bertz CT molecular complexity index is 892. The second-order valence-corrected chi connectivity index (χ2v) is 7.13. The summed E-state index contributed by atoms with van der Waals surface area (Å²) in [5, 5.41) is 1.66. The average molecular weight is 373 g/mol. The molecule has 0 saturated carbocycles. The van der Waals surface area contributed by atoms with Crippen LogP contribution in [0.15, 0.2) is 36.5 Å². The molecule has 128 valence electrons. The fourth-order valence-electron chi connectivity index (χ4n) is 2.79. The number of ether oxygens (including phenoxy) is 1. The summed E-state index contributed by atoms with van der Waals surface area (Å²) < 4.78 is 5.46. The Hall–Kier alpha value is -2.02. The number of anilines is 1. The van der Waals surface area contributed by atoms with Crippen LogP contribution in [0.1, 0.15) is 5.82 Å². The van der Waals surface area contributed by atoms with Gasteiger partial charge in [-0.2, -0.15) is 0 Å². The highest BCUT2D eigenvalue weighted by Crippen LogP contribution is 2.41. The van der Waals surface area contributed by atoms with Gasteiger partial charge in [-0.1, -0.05) is 41.1 Å². The van der Waals surface area contributed by atoms with Crippen LogP contribution in [-0.4, -0.2) is 41.3 Å². The number of morpholine rings is 1. The van der Waals surface area contributed by atoms with Crippen molar-refractivity contribution in [2.75, 3.05) is 31.2 Å². The van der Waals surface area contributed by atoms with Gasteiger partial charge >= 0.3 is 0 Å². The zero-order valence-electron chi connectivity index (χ0n) is 13.8. The average Bonchev–Trinajstić information content (AvgIpc) is 3.08. The fourth-order valence-corrected chi connectivity index (χ4v) is 4.12. The van der Waals surface area contributed by atoms with Crippen molar-refractivity contribution >= 4 is 28.1 Å². The molecule has 1 aliphatic heterocycles. The number of halogens is 1. The van der Waals surface area contributed by atoms with E-state index in [1.807, 2.05) is 37.3 Å². The van der Waals surface area contributed by atoms with Crippen molar-refractivity contribution in [3.63, 3.8) is 0 Å². The number of hydrogen-bond acceptors (Lipinski definition) is 6. The molecule has 0 unspecified atom stereocenters. The molecule has 4 rings (SSSR count). The zero-order valence-corrected chi connectivity index (χ0v) is 15.3. The normalized spacial score (nSPS) is 14.7. The van der Waals surface area contributed by atoms with Crippen molar-refractivity contribution in [2.45, 2.75) is 6.92 Å². The summed E-state index contributed by atoms with van der Waals surface area (Å²) in [5.74, 6) is 0.740. The molecule has 5 nitrogen and oxygen atoms in total. The number of benzene rings is 1. The largest absolute Gasteiger partial charge is 0.378 e. The zero-order chi connectivity index (χ0) is 17.2. The van der Waals surface area contributed by atoms with Crippen LogP contribution in [-0.2, 0) is 4.74 Å². The Morgan fingerprint density at radius 3 is 2.68 bits per heavy atom. The van der Waals surface area contributed by atoms with E-state index in [1.165, 1.54) is 0 Å². The molecule has 3 heterocycles. The third-order valence-corrected chi connectivity index (χ3v) is 5.50. The second-order valence-electron chi connectivity index (χ2n) is 5.74. The minimum atomic E-state index is 0.688. The third kappa shape index (κ3) is 3.38. The lowest BCUT2D eigenvalue weighted by Gasteiger charge is -2.26. The standard InChI is InChI=1S/C18H17ClN4OS/c1-12-20-7-6-15(21-12)17-16(13-4-2-3-5-14(13)19)22-18(25-17)23-8-10-24-11-9-23/h2-7H,8-11H2,1H3. The second kappa shape index (κ2) is 7.07. The van der Waals surface area contributed by atoms with Crippen molar-refractivity contribution in [1.82, 2.24) is 15.0 Å². The number of rotatable bonds is 3. The van der Waals surface area contributed by atoms with E-state index in [9.17, 15) is 0 Å². The number of thiazole rings is 1. The first-order valence-electron chi connectivity index (χ1n) is 8.11. The Balaban J connectivity index is 1.85. The molecule has 0 bridgehead atoms. The van der Waals surface area contributed by atoms with Gasteiger partial charge in [-0.15, -0.1) is 0 Å². The van der Waals surface area contributed by atoms with Crippen molar-refractivity contribution < 1.29 is 4.74 Å². The molecular weight excluding hydrogens is 356 g/mol. The number of hydrogen-bond donors (Lipinski definition) is 0. The molecule has 0 radical (unpaired) electrons. The minimum Gasteiger partial charge on any atom is -0.378 e. The van der Waals surface area contributed by atoms with E-state index in [0.717, 1.165) is 59.1 Å². The van der Waals surface area contributed by atoms with E-state index >= 15 is 0 Å². The van der Waals surface area contributed by atoms with E-state index in [2.05, 4.69) is 14.9 Å². The minimum absolute atomic E-state index is 0.688. The van der Waals surface area contributed by atoms with E-state index in [-0.39, 0.29) is 0 Å². The molecule has 2 aromatic heterocycles. The van der Waals surface area contributed by atoms with Gasteiger partial charge in [0.2, 0.25) is 0 Å². The summed E-state index contributed by atoms with van der Waals surface area (Å²) in [7, 11) is 0. The fraction of sp³-hybridized carbons (Fsp3) is 0.278. The number of nitrogens with zero attached hydrogens (tertiary/aromatic N) is 4. The third-order valence-electron chi connectivity index (χ3n) is 4.04. The molecule has 0 atom stereocenters. The predicted molar refractivity (Wildman–Crippen MR) is 101 cm³/mol. The first-order valence-corrected chi connectivity index (χ1v) is 9.30. The quantitative estimate of drug-likeness (QED) is 0.693. The summed E-state index contributed by atoms with van der Waals surface area (Å²) >= 11 is 8.08. The van der Waals surface area contributed by atoms with Crippen LogP contribution in [0.25, 0.3) is 21.8 Å². The molecular formula is C18H17ClN4OS. The van der Waals surface area contributed by atoms with Gasteiger partial charge in [-0.25, -0.2) is 15.0 Å². The highest BCUT2D eigenvalue weighted by molar-refractivity contribution is 7.19. The van der Waals surface area contributed by atoms with Crippen LogP contribution in [0.3, 0.4) is 0 Å². The SMILES string of the molecule is Cc1nccc(-c2sc(N3CCOCC3)nc2-c2ccccc2Cl)n1. The molecule has 1 fully saturated rings. The molecule has 0 aliphatic carbocycles. The van der Waals surface area contributed by atoms with Gasteiger partial charge < -0.3 is 9.64 Å². The Labute approximate surface area is 155 Å². The van der Waals surface area contributed by atoms with Crippen molar-refractivity contribution in [3.8, 4) is 21.8 Å².